The average molecular weight is 414 g/mol. The third-order valence-corrected chi connectivity index (χ3v) is 5.39. The number of hydrogen-bond acceptors (Lipinski definition) is 6. The zero-order valence-electron chi connectivity index (χ0n) is 17.3. The molecule has 1 aromatic carbocycles. The summed E-state index contributed by atoms with van der Waals surface area (Å²) in [6, 6.07) is 4.18. The molecule has 0 spiro atoms. The lowest BCUT2D eigenvalue weighted by Crippen LogP contribution is -2.51. The van der Waals surface area contributed by atoms with Crippen LogP contribution in [0.1, 0.15) is 43.3 Å². The van der Waals surface area contributed by atoms with Crippen molar-refractivity contribution in [2.75, 3.05) is 20.4 Å². The predicted molar refractivity (Wildman–Crippen MR) is 107 cm³/mol. The molecule has 2 atom stereocenters. The van der Waals surface area contributed by atoms with Crippen LogP contribution in [0, 0.1) is 5.92 Å². The Hall–Kier alpha value is -3.23. The third kappa shape index (κ3) is 3.79. The average Bonchev–Trinajstić information content (AvgIpc) is 3.39. The summed E-state index contributed by atoms with van der Waals surface area (Å²) in [5.74, 6) is 1.09. The van der Waals surface area contributed by atoms with E-state index in [2.05, 4.69) is 15.3 Å². The maximum Gasteiger partial charge on any atom is 0.328 e. The van der Waals surface area contributed by atoms with Crippen molar-refractivity contribution in [3.05, 3.63) is 41.5 Å². The number of nitrogens with zero attached hydrogens (tertiary/aromatic N) is 2. The van der Waals surface area contributed by atoms with E-state index < -0.39 is 18.1 Å². The molecule has 0 saturated carbocycles. The van der Waals surface area contributed by atoms with E-state index in [0.717, 1.165) is 17.0 Å². The van der Waals surface area contributed by atoms with Gasteiger partial charge in [0.1, 0.15) is 12.1 Å². The van der Waals surface area contributed by atoms with Crippen molar-refractivity contribution < 1.29 is 23.8 Å². The number of amides is 2. The van der Waals surface area contributed by atoms with Crippen LogP contribution in [0.2, 0.25) is 0 Å². The Bertz CT molecular complexity index is 941. The second-order valence-corrected chi connectivity index (χ2v) is 7.88. The second-order valence-electron chi connectivity index (χ2n) is 7.88. The summed E-state index contributed by atoms with van der Waals surface area (Å²) in [6.07, 6.45) is 2.79. The number of benzene rings is 1. The van der Waals surface area contributed by atoms with E-state index in [1.807, 2.05) is 32.0 Å². The molecule has 2 aliphatic rings. The molecule has 3 heterocycles. The minimum Gasteiger partial charge on any atom is -0.467 e. The van der Waals surface area contributed by atoms with Crippen molar-refractivity contribution in [3.8, 4) is 11.5 Å². The highest BCUT2D eigenvalue weighted by atomic mass is 16.7. The Balaban J connectivity index is 1.64. The van der Waals surface area contributed by atoms with Gasteiger partial charge in [-0.25, -0.2) is 14.6 Å². The highest BCUT2D eigenvalue weighted by Crippen LogP contribution is 2.39. The zero-order valence-corrected chi connectivity index (χ0v) is 17.3. The molecule has 2 N–H and O–H groups in total. The number of carbonyl (C=O) groups excluding carboxylic acids is 2. The van der Waals surface area contributed by atoms with Crippen LogP contribution in [-0.4, -0.2) is 53.4 Å². The Kier molecular flexibility index (Phi) is 5.52. The molecule has 0 unspecified atom stereocenters. The van der Waals surface area contributed by atoms with Gasteiger partial charge in [0.05, 0.1) is 19.1 Å². The normalized spacial score (nSPS) is 18.1. The number of imidazole rings is 1. The van der Waals surface area contributed by atoms with E-state index in [-0.39, 0.29) is 18.7 Å². The maximum atomic E-state index is 13.3. The maximum absolute atomic E-state index is 13.3. The summed E-state index contributed by atoms with van der Waals surface area (Å²) in [5, 5.41) is 2.86. The molecule has 2 aromatic rings. The molecule has 4 rings (SSSR count). The molecule has 30 heavy (non-hydrogen) atoms. The van der Waals surface area contributed by atoms with Crippen LogP contribution in [0.4, 0.5) is 4.79 Å². The van der Waals surface area contributed by atoms with Gasteiger partial charge in [-0.15, -0.1) is 0 Å². The molecule has 2 amide bonds. The standard InChI is InChI=1S/C21H26N4O5/c1-12(2)8-15(20(26)28-3)24-21(27)25-7-6-14-18(23-10-22-14)19(25)13-4-5-16-17(9-13)30-11-29-16/h4-5,9-10,12,15,19H,6-8,11H2,1-3H3,(H,22,23)(H,24,27)/t15-,19+/m0/s1. The fourth-order valence-corrected chi connectivity index (χ4v) is 3.98. The van der Waals surface area contributed by atoms with Gasteiger partial charge in [-0.05, 0) is 30.0 Å². The summed E-state index contributed by atoms with van der Waals surface area (Å²) >= 11 is 0. The second kappa shape index (κ2) is 8.25. The SMILES string of the molecule is COC(=O)[C@H](CC(C)C)NC(=O)N1CCc2[nH]cnc2[C@H]1c1ccc2c(c1)OCO2. The van der Waals surface area contributed by atoms with Gasteiger partial charge in [0.15, 0.2) is 11.5 Å². The van der Waals surface area contributed by atoms with Gasteiger partial charge in [0, 0.05) is 18.7 Å². The fraction of sp³-hybridized carbons (Fsp3) is 0.476. The Labute approximate surface area is 174 Å². The lowest BCUT2D eigenvalue weighted by molar-refractivity contribution is -0.143. The highest BCUT2D eigenvalue weighted by Gasteiger charge is 2.36. The molecule has 9 heteroatoms. The fourth-order valence-electron chi connectivity index (χ4n) is 3.98. The number of urea groups is 1. The summed E-state index contributed by atoms with van der Waals surface area (Å²) in [5.41, 5.74) is 2.64. The van der Waals surface area contributed by atoms with Crippen molar-refractivity contribution in [2.45, 2.75) is 38.8 Å². The van der Waals surface area contributed by atoms with Crippen LogP contribution < -0.4 is 14.8 Å². The molecule has 160 valence electrons. The van der Waals surface area contributed by atoms with Gasteiger partial charge < -0.3 is 29.4 Å². The topological polar surface area (TPSA) is 106 Å². The summed E-state index contributed by atoms with van der Waals surface area (Å²) in [4.78, 5) is 34.8. The first-order valence-corrected chi connectivity index (χ1v) is 10.0. The number of nitrogens with one attached hydrogen (secondary N) is 2. The van der Waals surface area contributed by atoms with Crippen molar-refractivity contribution in [1.82, 2.24) is 20.2 Å². The first kappa shape index (κ1) is 20.1. The smallest absolute Gasteiger partial charge is 0.328 e. The van der Waals surface area contributed by atoms with Crippen LogP contribution in [0.15, 0.2) is 24.5 Å². The zero-order chi connectivity index (χ0) is 21.3. The van der Waals surface area contributed by atoms with Crippen LogP contribution >= 0.6 is 0 Å². The van der Waals surface area contributed by atoms with Gasteiger partial charge in [-0.1, -0.05) is 19.9 Å². The first-order valence-electron chi connectivity index (χ1n) is 10.0. The molecule has 0 bridgehead atoms. The number of fused-ring (bicyclic) bond motifs is 2. The molecule has 1 aromatic heterocycles. The summed E-state index contributed by atoms with van der Waals surface area (Å²) in [6.45, 7) is 4.65. The van der Waals surface area contributed by atoms with Crippen LogP contribution in [-0.2, 0) is 16.0 Å². The molecular weight excluding hydrogens is 388 g/mol. The van der Waals surface area contributed by atoms with Gasteiger partial charge in [-0.2, -0.15) is 0 Å². The van der Waals surface area contributed by atoms with E-state index in [4.69, 9.17) is 14.2 Å². The van der Waals surface area contributed by atoms with Gasteiger partial charge >= 0.3 is 12.0 Å². The molecule has 0 saturated heterocycles. The van der Waals surface area contributed by atoms with Gasteiger partial charge in [0.25, 0.3) is 0 Å². The Morgan fingerprint density at radius 1 is 1.33 bits per heavy atom. The minimum atomic E-state index is -0.708. The minimum absolute atomic E-state index is 0.178. The number of esters is 1. The molecule has 2 aliphatic heterocycles. The number of aromatic amines is 1. The third-order valence-electron chi connectivity index (χ3n) is 5.39. The number of ether oxygens (including phenoxy) is 3. The van der Waals surface area contributed by atoms with E-state index in [9.17, 15) is 9.59 Å². The van der Waals surface area contributed by atoms with E-state index >= 15 is 0 Å². The highest BCUT2D eigenvalue weighted by molar-refractivity contribution is 5.84. The van der Waals surface area contributed by atoms with Gasteiger partial charge in [0.2, 0.25) is 6.79 Å². The number of aromatic nitrogens is 2. The van der Waals surface area contributed by atoms with Crippen molar-refractivity contribution in [2.24, 2.45) is 5.92 Å². The first-order chi connectivity index (χ1) is 14.5. The summed E-state index contributed by atoms with van der Waals surface area (Å²) in [7, 11) is 1.33. The lowest BCUT2D eigenvalue weighted by atomic mass is 9.95. The number of hydrogen-bond donors (Lipinski definition) is 2. The van der Waals surface area contributed by atoms with E-state index in [1.54, 1.807) is 11.2 Å². The largest absolute Gasteiger partial charge is 0.467 e. The molecule has 0 aliphatic carbocycles. The van der Waals surface area contributed by atoms with Crippen LogP contribution in [0.25, 0.3) is 0 Å². The number of methoxy groups -OCH3 is 1. The molecule has 0 radical (unpaired) electrons. The van der Waals surface area contributed by atoms with Crippen LogP contribution in [0.5, 0.6) is 11.5 Å². The number of carbonyl (C=O) groups is 2. The Morgan fingerprint density at radius 2 is 2.13 bits per heavy atom. The quantitative estimate of drug-likeness (QED) is 0.728. The van der Waals surface area contributed by atoms with Crippen molar-refractivity contribution in [1.29, 1.82) is 0 Å². The van der Waals surface area contributed by atoms with Crippen LogP contribution in [0.3, 0.4) is 0 Å². The lowest BCUT2D eigenvalue weighted by Gasteiger charge is -2.36. The molecule has 9 nitrogen and oxygen atoms in total. The monoisotopic (exact) mass is 414 g/mol. The van der Waals surface area contributed by atoms with Crippen molar-refractivity contribution in [3.63, 3.8) is 0 Å². The Morgan fingerprint density at radius 3 is 2.90 bits per heavy atom. The predicted octanol–water partition coefficient (Wildman–Crippen LogP) is 2.38. The van der Waals surface area contributed by atoms with E-state index in [1.165, 1.54) is 7.11 Å². The molecule has 0 fully saturated rings. The van der Waals surface area contributed by atoms with Crippen molar-refractivity contribution >= 4 is 12.0 Å². The number of rotatable bonds is 5. The number of H-pyrrole nitrogens is 1. The summed E-state index contributed by atoms with van der Waals surface area (Å²) < 4.78 is 15.8. The molecular formula is C21H26N4O5. The van der Waals surface area contributed by atoms with Gasteiger partial charge in [-0.3, -0.25) is 0 Å². The van der Waals surface area contributed by atoms with E-state index in [0.29, 0.717) is 30.9 Å².